The minimum Gasteiger partial charge on any atom is -0.503 e. The first-order valence-electron chi connectivity index (χ1n) is 7.95. The quantitative estimate of drug-likeness (QED) is 0.618. The number of carbonyl (C=O) groups is 1. The molecule has 0 fully saturated rings. The summed E-state index contributed by atoms with van der Waals surface area (Å²) in [5, 5.41) is 13.8. The van der Waals surface area contributed by atoms with Gasteiger partial charge in [-0.05, 0) is 36.8 Å². The monoisotopic (exact) mass is 376 g/mol. The normalized spacial score (nSPS) is 15.7. The second-order valence-corrected chi connectivity index (χ2v) is 5.79. The standard InChI is InChI=1S/C18H17ClN2O5/c1-2-24-15-8-11(7-12(19)17(15)22)9-20-21-18(23)16-10-25-13-5-3-4-6-14(13)26-16/h3-9,16,22H,2,10H2,1H3,(H,21,23)/b20-9+. The van der Waals surface area contributed by atoms with Crippen LogP contribution in [-0.2, 0) is 4.79 Å². The molecule has 1 heterocycles. The zero-order valence-corrected chi connectivity index (χ0v) is 14.7. The number of phenolic OH excluding ortho intramolecular Hbond substituents is 1. The Morgan fingerprint density at radius 2 is 2.19 bits per heavy atom. The van der Waals surface area contributed by atoms with Gasteiger partial charge < -0.3 is 19.3 Å². The average Bonchev–Trinajstić information content (AvgIpc) is 2.65. The smallest absolute Gasteiger partial charge is 0.284 e. The third-order valence-electron chi connectivity index (χ3n) is 3.54. The molecule has 136 valence electrons. The molecule has 0 bridgehead atoms. The first-order chi connectivity index (χ1) is 12.6. The predicted molar refractivity (Wildman–Crippen MR) is 96.4 cm³/mol. The molecule has 2 aromatic rings. The van der Waals surface area contributed by atoms with E-state index in [2.05, 4.69) is 10.5 Å². The number of hydrazone groups is 1. The zero-order valence-electron chi connectivity index (χ0n) is 13.9. The molecule has 1 unspecified atom stereocenters. The minimum absolute atomic E-state index is 0.0951. The third-order valence-corrected chi connectivity index (χ3v) is 3.83. The number of para-hydroxylation sites is 2. The van der Waals surface area contributed by atoms with Gasteiger partial charge in [0, 0.05) is 0 Å². The van der Waals surface area contributed by atoms with Crippen LogP contribution in [0.5, 0.6) is 23.0 Å². The molecule has 7 nitrogen and oxygen atoms in total. The molecule has 3 rings (SSSR count). The van der Waals surface area contributed by atoms with Gasteiger partial charge in [0.2, 0.25) is 6.10 Å². The highest BCUT2D eigenvalue weighted by molar-refractivity contribution is 6.32. The summed E-state index contributed by atoms with van der Waals surface area (Å²) in [5.74, 6) is 0.775. The van der Waals surface area contributed by atoms with Crippen LogP contribution in [0, 0.1) is 0 Å². The Kier molecular flexibility index (Phi) is 5.48. The van der Waals surface area contributed by atoms with E-state index in [0.717, 1.165) is 0 Å². The number of halogens is 1. The molecule has 8 heteroatoms. The topological polar surface area (TPSA) is 89.4 Å². The summed E-state index contributed by atoms with van der Waals surface area (Å²) in [6, 6.07) is 10.2. The Labute approximate surface area is 155 Å². The number of carbonyl (C=O) groups excluding carboxylic acids is 1. The van der Waals surface area contributed by atoms with Crippen molar-refractivity contribution in [3.05, 3.63) is 47.0 Å². The van der Waals surface area contributed by atoms with Crippen molar-refractivity contribution in [2.45, 2.75) is 13.0 Å². The fraction of sp³-hybridized carbons (Fsp3) is 0.222. The second-order valence-electron chi connectivity index (χ2n) is 5.38. The second kappa shape index (κ2) is 7.97. The van der Waals surface area contributed by atoms with E-state index in [4.69, 9.17) is 25.8 Å². The van der Waals surface area contributed by atoms with Crippen LogP contribution >= 0.6 is 11.6 Å². The Bertz CT molecular complexity index is 840. The number of nitrogens with zero attached hydrogens (tertiary/aromatic N) is 1. The summed E-state index contributed by atoms with van der Waals surface area (Å²) >= 11 is 5.95. The van der Waals surface area contributed by atoms with Crippen molar-refractivity contribution in [1.82, 2.24) is 5.43 Å². The number of aromatic hydroxyl groups is 1. The molecule has 26 heavy (non-hydrogen) atoms. The van der Waals surface area contributed by atoms with Crippen LogP contribution in [0.25, 0.3) is 0 Å². The molecule has 1 amide bonds. The molecule has 1 aliphatic heterocycles. The lowest BCUT2D eigenvalue weighted by atomic mass is 10.2. The van der Waals surface area contributed by atoms with Gasteiger partial charge in [-0.25, -0.2) is 5.43 Å². The zero-order chi connectivity index (χ0) is 18.5. The van der Waals surface area contributed by atoms with Crippen LogP contribution in [0.2, 0.25) is 5.02 Å². The van der Waals surface area contributed by atoms with E-state index in [9.17, 15) is 9.90 Å². The van der Waals surface area contributed by atoms with Gasteiger partial charge in [-0.15, -0.1) is 0 Å². The highest BCUT2D eigenvalue weighted by atomic mass is 35.5. The largest absolute Gasteiger partial charge is 0.503 e. The third kappa shape index (κ3) is 4.00. The molecule has 0 saturated carbocycles. The van der Waals surface area contributed by atoms with Crippen LogP contribution in [0.1, 0.15) is 12.5 Å². The summed E-state index contributed by atoms with van der Waals surface area (Å²) < 4.78 is 16.4. The van der Waals surface area contributed by atoms with Gasteiger partial charge in [0.15, 0.2) is 23.0 Å². The van der Waals surface area contributed by atoms with Crippen molar-refractivity contribution < 1.29 is 24.1 Å². The molecular formula is C18H17ClN2O5. The molecule has 0 aliphatic carbocycles. The van der Waals surface area contributed by atoms with Gasteiger partial charge >= 0.3 is 0 Å². The van der Waals surface area contributed by atoms with Gasteiger partial charge in [-0.2, -0.15) is 5.10 Å². The summed E-state index contributed by atoms with van der Waals surface area (Å²) in [6.07, 6.45) is 0.591. The van der Waals surface area contributed by atoms with Gasteiger partial charge in [-0.3, -0.25) is 4.79 Å². The number of benzene rings is 2. The van der Waals surface area contributed by atoms with Crippen molar-refractivity contribution in [2.75, 3.05) is 13.2 Å². The van der Waals surface area contributed by atoms with Crippen LogP contribution in [0.15, 0.2) is 41.5 Å². The van der Waals surface area contributed by atoms with Gasteiger partial charge in [0.05, 0.1) is 17.8 Å². The van der Waals surface area contributed by atoms with E-state index in [1.807, 2.05) is 6.07 Å². The summed E-state index contributed by atoms with van der Waals surface area (Å²) in [4.78, 5) is 12.2. The van der Waals surface area contributed by atoms with E-state index in [1.54, 1.807) is 31.2 Å². The maximum atomic E-state index is 12.2. The lowest BCUT2D eigenvalue weighted by molar-refractivity contribution is -0.130. The van der Waals surface area contributed by atoms with Crippen LogP contribution in [0.3, 0.4) is 0 Å². The SMILES string of the molecule is CCOc1cc(/C=N/NC(=O)C2COc3ccccc3O2)cc(Cl)c1O. The highest BCUT2D eigenvalue weighted by Gasteiger charge is 2.27. The Hall–Kier alpha value is -2.93. The molecule has 0 saturated heterocycles. The van der Waals surface area contributed by atoms with Crippen molar-refractivity contribution in [3.8, 4) is 23.0 Å². The number of nitrogens with one attached hydrogen (secondary N) is 1. The number of hydrogen-bond donors (Lipinski definition) is 2. The first kappa shape index (κ1) is 17.9. The molecule has 2 N–H and O–H groups in total. The van der Waals surface area contributed by atoms with Gasteiger partial charge in [-0.1, -0.05) is 23.7 Å². The lowest BCUT2D eigenvalue weighted by Gasteiger charge is -2.24. The number of rotatable bonds is 5. The number of ether oxygens (including phenoxy) is 3. The average molecular weight is 377 g/mol. The molecule has 0 radical (unpaired) electrons. The number of phenols is 1. The van der Waals surface area contributed by atoms with Crippen LogP contribution in [0.4, 0.5) is 0 Å². The summed E-state index contributed by atoms with van der Waals surface area (Å²) in [7, 11) is 0. The molecular weight excluding hydrogens is 360 g/mol. The Morgan fingerprint density at radius 1 is 1.42 bits per heavy atom. The number of fused-ring (bicyclic) bond motifs is 1. The molecule has 0 spiro atoms. The van der Waals surface area contributed by atoms with Crippen LogP contribution in [-0.4, -0.2) is 36.5 Å². The maximum absolute atomic E-state index is 12.2. The Morgan fingerprint density at radius 3 is 2.96 bits per heavy atom. The predicted octanol–water partition coefficient (Wildman–Crippen LogP) is 2.73. The molecule has 1 aliphatic rings. The van der Waals surface area contributed by atoms with E-state index in [-0.39, 0.29) is 23.1 Å². The lowest BCUT2D eigenvalue weighted by Crippen LogP contribution is -2.42. The molecule has 1 atom stereocenters. The van der Waals surface area contributed by atoms with E-state index in [0.29, 0.717) is 23.7 Å². The number of amides is 1. The van der Waals surface area contributed by atoms with Gasteiger partial charge in [0.25, 0.3) is 5.91 Å². The maximum Gasteiger partial charge on any atom is 0.284 e. The van der Waals surface area contributed by atoms with Crippen molar-refractivity contribution >= 4 is 23.7 Å². The minimum atomic E-state index is -0.801. The molecule has 2 aromatic carbocycles. The van der Waals surface area contributed by atoms with Gasteiger partial charge in [0.1, 0.15) is 6.61 Å². The Balaban J connectivity index is 1.63. The van der Waals surface area contributed by atoms with Crippen molar-refractivity contribution in [2.24, 2.45) is 5.10 Å². The van der Waals surface area contributed by atoms with Crippen molar-refractivity contribution in [3.63, 3.8) is 0 Å². The molecule has 0 aromatic heterocycles. The summed E-state index contributed by atoms with van der Waals surface area (Å²) in [5.41, 5.74) is 2.95. The van der Waals surface area contributed by atoms with Crippen molar-refractivity contribution in [1.29, 1.82) is 0 Å². The fourth-order valence-electron chi connectivity index (χ4n) is 2.33. The van der Waals surface area contributed by atoms with E-state index < -0.39 is 12.0 Å². The van der Waals surface area contributed by atoms with Crippen LogP contribution < -0.4 is 19.6 Å². The fourth-order valence-corrected chi connectivity index (χ4v) is 2.54. The van der Waals surface area contributed by atoms with E-state index in [1.165, 1.54) is 12.3 Å². The van der Waals surface area contributed by atoms with E-state index >= 15 is 0 Å². The summed E-state index contributed by atoms with van der Waals surface area (Å²) in [6.45, 7) is 2.26. The first-order valence-corrected chi connectivity index (χ1v) is 8.33. The highest BCUT2D eigenvalue weighted by Crippen LogP contribution is 2.34. The number of hydrogen-bond acceptors (Lipinski definition) is 6.